The van der Waals surface area contributed by atoms with Crippen molar-refractivity contribution >= 4 is 5.97 Å². The Labute approximate surface area is 73.6 Å². The molecule has 0 bridgehead atoms. The summed E-state index contributed by atoms with van der Waals surface area (Å²) in [7, 11) is 0. The van der Waals surface area contributed by atoms with E-state index in [-0.39, 0.29) is 17.9 Å². The topological polar surface area (TPSA) is 69.7 Å². The Morgan fingerprint density at radius 2 is 2.38 bits per heavy atom. The lowest BCUT2D eigenvalue weighted by molar-refractivity contribution is -0.140. The quantitative estimate of drug-likeness (QED) is 0.514. The van der Waals surface area contributed by atoms with E-state index in [1.807, 2.05) is 0 Å². The Balaban J connectivity index is 2.48. The van der Waals surface area contributed by atoms with Gasteiger partial charge in [-0.2, -0.15) is 0 Å². The fourth-order valence-corrected chi connectivity index (χ4v) is 0.592. The van der Waals surface area contributed by atoms with Crippen molar-refractivity contribution in [2.45, 2.75) is 13.5 Å². The second-order valence-electron chi connectivity index (χ2n) is 2.41. The second kappa shape index (κ2) is 3.75. The van der Waals surface area contributed by atoms with Gasteiger partial charge in [0, 0.05) is 5.57 Å². The van der Waals surface area contributed by atoms with Crippen molar-refractivity contribution < 1.29 is 18.4 Å². The first-order valence-corrected chi connectivity index (χ1v) is 3.49. The molecular weight excluding hydrogens is 176 g/mol. The fraction of sp³-hybridized carbons (Fsp3) is 0.250. The molecule has 0 spiro atoms. The maximum atomic E-state index is 10.9. The van der Waals surface area contributed by atoms with Gasteiger partial charge in [0.2, 0.25) is 0 Å². The average Bonchev–Trinajstić information content (AvgIpc) is 2.47. The summed E-state index contributed by atoms with van der Waals surface area (Å²) in [5, 5.41) is 0. The molecule has 13 heavy (non-hydrogen) atoms. The summed E-state index contributed by atoms with van der Waals surface area (Å²) in [6.45, 7) is 4.78. The van der Waals surface area contributed by atoms with Crippen molar-refractivity contribution in [2.24, 2.45) is 0 Å². The van der Waals surface area contributed by atoms with Gasteiger partial charge in [0.25, 0.3) is 0 Å². The molecule has 0 aliphatic carbocycles. The van der Waals surface area contributed by atoms with E-state index in [0.717, 1.165) is 6.26 Å². The average molecular weight is 184 g/mol. The van der Waals surface area contributed by atoms with Gasteiger partial charge in [0.15, 0.2) is 12.4 Å². The van der Waals surface area contributed by atoms with E-state index in [2.05, 4.69) is 20.2 Å². The first-order valence-electron chi connectivity index (χ1n) is 3.49. The van der Waals surface area contributed by atoms with E-state index in [1.54, 1.807) is 0 Å². The zero-order valence-corrected chi connectivity index (χ0v) is 7.03. The molecule has 0 amide bonds. The highest BCUT2D eigenvalue weighted by Gasteiger charge is 2.06. The molecule has 5 nitrogen and oxygen atoms in total. The smallest absolute Gasteiger partial charge is 0.454 e. The van der Waals surface area contributed by atoms with Crippen molar-refractivity contribution in [1.29, 1.82) is 0 Å². The van der Waals surface area contributed by atoms with Crippen LogP contribution in [0.15, 0.2) is 32.0 Å². The third kappa shape index (κ3) is 2.62. The van der Waals surface area contributed by atoms with Gasteiger partial charge < -0.3 is 13.6 Å². The molecule has 0 atom stereocenters. The van der Waals surface area contributed by atoms with Crippen LogP contribution in [0.2, 0.25) is 0 Å². The lowest BCUT2D eigenvalue weighted by Crippen LogP contribution is -2.04. The summed E-state index contributed by atoms with van der Waals surface area (Å²) in [6, 6.07) is 0. The lowest BCUT2D eigenvalue weighted by Gasteiger charge is -1.99. The predicted molar refractivity (Wildman–Crippen MR) is 41.9 cm³/mol. The maximum Gasteiger partial charge on any atom is 0.518 e. The highest BCUT2D eigenvalue weighted by atomic mass is 16.6. The van der Waals surface area contributed by atoms with Gasteiger partial charge in [0.1, 0.15) is 6.26 Å². The number of carbonyl (C=O) groups excluding carboxylic acids is 1. The van der Waals surface area contributed by atoms with Gasteiger partial charge in [0.05, 0.1) is 0 Å². The van der Waals surface area contributed by atoms with E-state index in [9.17, 15) is 9.59 Å². The van der Waals surface area contributed by atoms with Gasteiger partial charge in [-0.1, -0.05) is 6.58 Å². The van der Waals surface area contributed by atoms with Crippen molar-refractivity contribution in [3.8, 4) is 0 Å². The Morgan fingerprint density at radius 1 is 1.69 bits per heavy atom. The molecule has 0 aromatic carbocycles. The third-order valence-electron chi connectivity index (χ3n) is 1.20. The molecule has 5 heteroatoms. The minimum absolute atomic E-state index is 0.128. The van der Waals surface area contributed by atoms with E-state index in [1.165, 1.54) is 6.92 Å². The molecule has 70 valence electrons. The molecule has 1 aromatic heterocycles. The van der Waals surface area contributed by atoms with Gasteiger partial charge in [-0.05, 0) is 6.92 Å². The second-order valence-corrected chi connectivity index (χ2v) is 2.41. The lowest BCUT2D eigenvalue weighted by atomic mass is 10.4. The largest absolute Gasteiger partial charge is 0.518 e. The molecule has 0 aliphatic heterocycles. The van der Waals surface area contributed by atoms with Crippen molar-refractivity contribution in [1.82, 2.24) is 0 Å². The Hall–Kier alpha value is -1.78. The molecule has 0 aliphatic rings. The summed E-state index contributed by atoms with van der Waals surface area (Å²) in [4.78, 5) is 21.2. The molecule has 1 heterocycles. The molecule has 0 N–H and O–H groups in total. The highest BCUT2D eigenvalue weighted by molar-refractivity contribution is 5.86. The Kier molecular flexibility index (Phi) is 2.69. The van der Waals surface area contributed by atoms with Gasteiger partial charge in [-0.25, -0.2) is 9.59 Å². The summed E-state index contributed by atoms with van der Waals surface area (Å²) in [6.07, 6.45) is 1.09. The number of ether oxygens (including phenoxy) is 1. The van der Waals surface area contributed by atoms with Crippen molar-refractivity contribution in [3.63, 3.8) is 0 Å². The van der Waals surface area contributed by atoms with Gasteiger partial charge in [-0.3, -0.25) is 0 Å². The SMILES string of the molecule is C=C(C)C(=O)OCc1coc(=O)o1. The van der Waals surface area contributed by atoms with Gasteiger partial charge >= 0.3 is 11.8 Å². The van der Waals surface area contributed by atoms with E-state index in [0.29, 0.717) is 0 Å². The van der Waals surface area contributed by atoms with Crippen LogP contribution in [0.25, 0.3) is 0 Å². The Morgan fingerprint density at radius 3 is 2.85 bits per heavy atom. The minimum Gasteiger partial charge on any atom is -0.454 e. The normalized spacial score (nSPS) is 9.62. The number of rotatable bonds is 3. The highest BCUT2D eigenvalue weighted by Crippen LogP contribution is 2.00. The zero-order valence-electron chi connectivity index (χ0n) is 7.03. The van der Waals surface area contributed by atoms with Crippen LogP contribution in [0.3, 0.4) is 0 Å². The molecule has 0 radical (unpaired) electrons. The van der Waals surface area contributed by atoms with E-state index in [4.69, 9.17) is 0 Å². The standard InChI is InChI=1S/C8H8O5/c1-5(2)7(9)11-3-6-4-12-8(10)13-6/h4H,1,3H2,2H3. The summed E-state index contributed by atoms with van der Waals surface area (Å²) < 4.78 is 13.5. The van der Waals surface area contributed by atoms with Crippen LogP contribution in [-0.4, -0.2) is 5.97 Å². The van der Waals surface area contributed by atoms with Crippen LogP contribution >= 0.6 is 0 Å². The fourth-order valence-electron chi connectivity index (χ4n) is 0.592. The molecule has 0 fully saturated rings. The number of hydrogen-bond donors (Lipinski definition) is 0. The number of carbonyl (C=O) groups is 1. The molecule has 1 aromatic rings. The Bertz CT molecular complexity index is 370. The van der Waals surface area contributed by atoms with Crippen LogP contribution in [0.5, 0.6) is 0 Å². The molecule has 0 saturated heterocycles. The van der Waals surface area contributed by atoms with E-state index >= 15 is 0 Å². The van der Waals surface area contributed by atoms with Gasteiger partial charge in [-0.15, -0.1) is 0 Å². The van der Waals surface area contributed by atoms with Crippen LogP contribution in [-0.2, 0) is 16.1 Å². The molecule has 0 saturated carbocycles. The maximum absolute atomic E-state index is 10.9. The molecule has 1 rings (SSSR count). The summed E-state index contributed by atoms with van der Waals surface area (Å²) in [5.74, 6) is -1.19. The first kappa shape index (κ1) is 9.31. The molecular formula is C8H8O5. The summed E-state index contributed by atoms with van der Waals surface area (Å²) >= 11 is 0. The van der Waals surface area contributed by atoms with Crippen molar-refractivity contribution in [3.05, 3.63) is 34.8 Å². The number of esters is 1. The predicted octanol–water partition coefficient (Wildman–Crippen LogP) is 0.852. The molecule has 0 unspecified atom stereocenters. The minimum atomic E-state index is -0.818. The zero-order chi connectivity index (χ0) is 9.84. The first-order chi connectivity index (χ1) is 6.09. The third-order valence-corrected chi connectivity index (χ3v) is 1.20. The summed E-state index contributed by atoms with van der Waals surface area (Å²) in [5.41, 5.74) is 0.283. The van der Waals surface area contributed by atoms with Crippen LogP contribution < -0.4 is 5.82 Å². The number of hydrogen-bond acceptors (Lipinski definition) is 5. The van der Waals surface area contributed by atoms with Crippen molar-refractivity contribution in [2.75, 3.05) is 0 Å². The van der Waals surface area contributed by atoms with Crippen LogP contribution in [0.1, 0.15) is 12.7 Å². The monoisotopic (exact) mass is 184 g/mol. The van der Waals surface area contributed by atoms with Crippen LogP contribution in [0.4, 0.5) is 0 Å². The van der Waals surface area contributed by atoms with E-state index < -0.39 is 11.8 Å². The van der Waals surface area contributed by atoms with Crippen LogP contribution in [0, 0.1) is 0 Å².